The summed E-state index contributed by atoms with van der Waals surface area (Å²) in [5.41, 5.74) is 2.28. The molecule has 1 atom stereocenters. The van der Waals surface area contributed by atoms with Gasteiger partial charge < -0.3 is 5.32 Å². The highest BCUT2D eigenvalue weighted by molar-refractivity contribution is 7.01. The molecular formula is C16H17ClN2OSi. The second-order valence-electron chi connectivity index (χ2n) is 5.81. The molecule has 108 valence electrons. The van der Waals surface area contributed by atoms with Crippen molar-refractivity contribution in [3.8, 4) is 0 Å². The molecule has 0 spiro atoms. The molecule has 21 heavy (non-hydrogen) atoms. The molecule has 0 fully saturated rings. The maximum absolute atomic E-state index is 11.8. The Hall–Kier alpha value is -1.65. The third-order valence-electron chi connectivity index (χ3n) is 4.21. The van der Waals surface area contributed by atoms with Crippen LogP contribution in [0.5, 0.6) is 0 Å². The number of nitrogens with zero attached hydrogens (tertiary/aromatic N) is 1. The largest absolute Gasteiger partial charge is 0.344 e. The van der Waals surface area contributed by atoms with Gasteiger partial charge in [-0.3, -0.25) is 9.78 Å². The lowest BCUT2D eigenvalue weighted by Crippen LogP contribution is -2.60. The number of alkyl halides is 1. The van der Waals surface area contributed by atoms with Gasteiger partial charge in [0.2, 0.25) is 5.91 Å². The summed E-state index contributed by atoms with van der Waals surface area (Å²) in [6.45, 7) is 4.68. The second kappa shape index (κ2) is 5.28. The van der Waals surface area contributed by atoms with Gasteiger partial charge in [-0.1, -0.05) is 37.4 Å². The fourth-order valence-electron chi connectivity index (χ4n) is 3.19. The summed E-state index contributed by atoms with van der Waals surface area (Å²) >= 11 is 5.66. The Morgan fingerprint density at radius 2 is 1.95 bits per heavy atom. The maximum atomic E-state index is 11.8. The van der Waals surface area contributed by atoms with E-state index >= 15 is 0 Å². The second-order valence-corrected chi connectivity index (χ2v) is 10.4. The number of fused-ring (bicyclic) bond motifs is 2. The van der Waals surface area contributed by atoms with E-state index in [1.54, 1.807) is 0 Å². The Morgan fingerprint density at radius 3 is 2.71 bits per heavy atom. The van der Waals surface area contributed by atoms with Crippen molar-refractivity contribution >= 4 is 36.0 Å². The van der Waals surface area contributed by atoms with Crippen LogP contribution in [0.2, 0.25) is 13.1 Å². The van der Waals surface area contributed by atoms with Crippen LogP contribution in [0, 0.1) is 0 Å². The highest BCUT2D eigenvalue weighted by Gasteiger charge is 2.39. The van der Waals surface area contributed by atoms with E-state index in [1.807, 2.05) is 18.5 Å². The number of halogens is 1. The first-order valence-electron chi connectivity index (χ1n) is 6.95. The zero-order valence-electron chi connectivity index (χ0n) is 12.1. The molecule has 3 rings (SSSR count). The first-order chi connectivity index (χ1) is 10.1. The number of amides is 1. The molecule has 1 amide bonds. The molecule has 1 aliphatic heterocycles. The quantitative estimate of drug-likeness (QED) is 0.676. The van der Waals surface area contributed by atoms with Crippen LogP contribution in [-0.2, 0) is 4.79 Å². The Balaban J connectivity index is 2.21. The van der Waals surface area contributed by atoms with E-state index in [4.69, 9.17) is 11.6 Å². The monoisotopic (exact) mass is 316 g/mol. The van der Waals surface area contributed by atoms with Crippen molar-refractivity contribution < 1.29 is 4.79 Å². The molecule has 1 unspecified atom stereocenters. The van der Waals surface area contributed by atoms with Crippen LogP contribution in [0.3, 0.4) is 0 Å². The summed E-state index contributed by atoms with van der Waals surface area (Å²) in [6.07, 6.45) is 3.71. The topological polar surface area (TPSA) is 42.0 Å². The SMILES string of the molecule is C[Si]1(C)c2ccccc2C(NC(=O)CCl)c2cnccc21. The van der Waals surface area contributed by atoms with E-state index < -0.39 is 8.07 Å². The third-order valence-corrected chi connectivity index (χ3v) is 8.05. The van der Waals surface area contributed by atoms with Gasteiger partial charge in [-0.15, -0.1) is 11.6 Å². The molecule has 1 aliphatic rings. The van der Waals surface area contributed by atoms with E-state index in [2.05, 4.69) is 47.7 Å². The Bertz CT molecular complexity index is 653. The number of rotatable bonds is 2. The Kier molecular flexibility index (Phi) is 3.59. The molecule has 0 radical (unpaired) electrons. The van der Waals surface area contributed by atoms with Gasteiger partial charge in [0.25, 0.3) is 0 Å². The summed E-state index contributed by atoms with van der Waals surface area (Å²) in [7, 11) is -1.76. The lowest BCUT2D eigenvalue weighted by Gasteiger charge is -2.37. The summed E-state index contributed by atoms with van der Waals surface area (Å²) in [5.74, 6) is -0.192. The first-order valence-corrected chi connectivity index (χ1v) is 10.5. The zero-order valence-corrected chi connectivity index (χ0v) is 13.8. The summed E-state index contributed by atoms with van der Waals surface area (Å²) in [4.78, 5) is 16.1. The Morgan fingerprint density at radius 1 is 1.24 bits per heavy atom. The Labute approximate surface area is 130 Å². The van der Waals surface area contributed by atoms with Crippen molar-refractivity contribution in [2.75, 3.05) is 5.88 Å². The molecule has 2 heterocycles. The number of hydrogen-bond donors (Lipinski definition) is 1. The van der Waals surface area contributed by atoms with Gasteiger partial charge in [0, 0.05) is 12.4 Å². The van der Waals surface area contributed by atoms with Gasteiger partial charge in [-0.05, 0) is 27.6 Å². The van der Waals surface area contributed by atoms with Gasteiger partial charge in [-0.2, -0.15) is 0 Å². The number of hydrogen-bond acceptors (Lipinski definition) is 2. The van der Waals surface area contributed by atoms with Crippen LogP contribution in [0.15, 0.2) is 42.7 Å². The standard InChI is InChI=1S/C16H17ClN2OSi/c1-21(2)13-6-4-3-5-11(13)16(19-15(20)9-17)12-10-18-8-7-14(12)21/h3-8,10,16H,9H2,1-2H3,(H,19,20). The molecule has 1 N–H and O–H groups in total. The molecule has 0 saturated heterocycles. The third kappa shape index (κ3) is 2.28. The number of pyridine rings is 1. The van der Waals surface area contributed by atoms with Crippen LogP contribution >= 0.6 is 11.6 Å². The predicted molar refractivity (Wildman–Crippen MR) is 88.1 cm³/mol. The normalized spacial score (nSPS) is 18.5. The lowest BCUT2D eigenvalue weighted by atomic mass is 9.99. The number of aromatic nitrogens is 1. The number of carbonyl (C=O) groups excluding carboxylic acids is 1. The smallest absolute Gasteiger partial charge is 0.235 e. The van der Waals surface area contributed by atoms with Gasteiger partial charge >= 0.3 is 0 Å². The number of benzene rings is 1. The average Bonchev–Trinajstić information content (AvgIpc) is 2.51. The van der Waals surface area contributed by atoms with Crippen molar-refractivity contribution in [2.24, 2.45) is 0 Å². The fourth-order valence-corrected chi connectivity index (χ4v) is 6.44. The van der Waals surface area contributed by atoms with Crippen molar-refractivity contribution in [1.82, 2.24) is 10.3 Å². The van der Waals surface area contributed by atoms with Crippen LogP contribution < -0.4 is 15.7 Å². The van der Waals surface area contributed by atoms with E-state index in [-0.39, 0.29) is 17.8 Å². The summed E-state index contributed by atoms with van der Waals surface area (Å²) in [6, 6.07) is 10.3. The highest BCUT2D eigenvalue weighted by Crippen LogP contribution is 2.27. The minimum atomic E-state index is -1.76. The molecule has 2 aromatic rings. The van der Waals surface area contributed by atoms with Crippen LogP contribution in [0.25, 0.3) is 0 Å². The molecule has 1 aromatic heterocycles. The van der Waals surface area contributed by atoms with Gasteiger partial charge in [0.05, 0.1) is 6.04 Å². The van der Waals surface area contributed by atoms with Crippen LogP contribution in [0.4, 0.5) is 0 Å². The minimum absolute atomic E-state index is 0.0327. The first kappa shape index (κ1) is 14.3. The van der Waals surface area contributed by atoms with E-state index in [9.17, 15) is 4.79 Å². The molecule has 0 saturated carbocycles. The molecular weight excluding hydrogens is 300 g/mol. The van der Waals surface area contributed by atoms with E-state index in [0.29, 0.717) is 0 Å². The maximum Gasteiger partial charge on any atom is 0.235 e. The number of nitrogens with one attached hydrogen (secondary N) is 1. The van der Waals surface area contributed by atoms with Crippen molar-refractivity contribution in [3.05, 3.63) is 53.9 Å². The van der Waals surface area contributed by atoms with E-state index in [1.165, 1.54) is 15.9 Å². The molecule has 5 heteroatoms. The van der Waals surface area contributed by atoms with Crippen molar-refractivity contribution in [2.45, 2.75) is 19.1 Å². The fraction of sp³-hybridized carbons (Fsp3) is 0.250. The van der Waals surface area contributed by atoms with Gasteiger partial charge in [0.15, 0.2) is 0 Å². The average molecular weight is 317 g/mol. The lowest BCUT2D eigenvalue weighted by molar-refractivity contribution is -0.119. The molecule has 1 aromatic carbocycles. The minimum Gasteiger partial charge on any atom is -0.344 e. The van der Waals surface area contributed by atoms with Gasteiger partial charge in [-0.25, -0.2) is 0 Å². The highest BCUT2D eigenvalue weighted by atomic mass is 35.5. The van der Waals surface area contributed by atoms with Gasteiger partial charge in [0.1, 0.15) is 14.0 Å². The zero-order chi connectivity index (χ0) is 15.0. The summed E-state index contributed by atoms with van der Waals surface area (Å²) < 4.78 is 0. The van der Waals surface area contributed by atoms with Crippen LogP contribution in [-0.4, -0.2) is 24.8 Å². The molecule has 0 bridgehead atoms. The van der Waals surface area contributed by atoms with Crippen molar-refractivity contribution in [3.63, 3.8) is 0 Å². The van der Waals surface area contributed by atoms with Crippen molar-refractivity contribution in [1.29, 1.82) is 0 Å². The predicted octanol–water partition coefficient (Wildman–Crippen LogP) is 1.66. The number of carbonyl (C=O) groups is 1. The molecule has 0 aliphatic carbocycles. The van der Waals surface area contributed by atoms with Crippen LogP contribution in [0.1, 0.15) is 17.2 Å². The van der Waals surface area contributed by atoms with E-state index in [0.717, 1.165) is 5.56 Å². The molecule has 3 nitrogen and oxygen atoms in total. The summed E-state index contributed by atoms with van der Waals surface area (Å²) in [5, 5.41) is 5.72.